The van der Waals surface area contributed by atoms with Crippen molar-refractivity contribution in [3.05, 3.63) is 242 Å². The van der Waals surface area contributed by atoms with Gasteiger partial charge in [0.15, 0.2) is 5.78 Å². The third-order valence-corrected chi connectivity index (χ3v) is 28.1. The minimum absolute atomic E-state index is 0.0661. The van der Waals surface area contributed by atoms with Crippen molar-refractivity contribution in [2.75, 3.05) is 27.3 Å². The molecule has 2 saturated carbocycles. The molecule has 1 aliphatic heterocycles. The van der Waals surface area contributed by atoms with Crippen LogP contribution in [0.25, 0.3) is 63.4 Å². The van der Waals surface area contributed by atoms with Gasteiger partial charge in [0.05, 0.1) is 83.9 Å². The first-order valence-corrected chi connectivity index (χ1v) is 46.7. The van der Waals surface area contributed by atoms with E-state index in [0.717, 1.165) is 126 Å². The number of alkyl halides is 18. The first-order valence-electron chi connectivity index (χ1n) is 41.8. The van der Waals surface area contributed by atoms with Gasteiger partial charge in [-0.15, -0.1) is 68.0 Å². The average Bonchev–Trinajstić information content (AvgIpc) is 1.66. The van der Waals surface area contributed by atoms with Crippen LogP contribution in [-0.2, 0) is 37.1 Å². The molecular formula is C92H79F18N9O14S6. The van der Waals surface area contributed by atoms with Gasteiger partial charge in [-0.1, -0.05) is 106 Å². The van der Waals surface area contributed by atoms with Gasteiger partial charge in [-0.3, -0.25) is 28.8 Å². The van der Waals surface area contributed by atoms with Crippen molar-refractivity contribution in [2.45, 2.75) is 168 Å². The highest BCUT2D eigenvalue weighted by Gasteiger charge is 2.45. The number of thiophene rings is 6. The Morgan fingerprint density at radius 2 is 0.590 bits per heavy atom. The normalized spacial score (nSPS) is 13.8. The molecule has 0 unspecified atom stereocenters. The number of amides is 3. The van der Waals surface area contributed by atoms with E-state index in [4.69, 9.17) is 9.47 Å². The molecule has 2 aromatic carbocycles. The van der Waals surface area contributed by atoms with Gasteiger partial charge in [-0.2, -0.15) is 79.0 Å². The maximum Gasteiger partial charge on any atom is 0.452 e. The quantitative estimate of drug-likeness (QED) is 0.0458. The topological polar surface area (TPSA) is 304 Å². The Bertz CT molecular complexity index is 6430. The number of ether oxygens (including phenoxy) is 2. The molecule has 0 atom stereocenters. The van der Waals surface area contributed by atoms with E-state index in [1.54, 1.807) is 126 Å². The predicted octanol–water partition coefficient (Wildman–Crippen LogP) is 27.6. The van der Waals surface area contributed by atoms with E-state index in [0.29, 0.717) is 94.2 Å². The van der Waals surface area contributed by atoms with Crippen molar-refractivity contribution in [1.29, 1.82) is 0 Å². The van der Waals surface area contributed by atoms with Crippen LogP contribution >= 0.6 is 68.0 Å². The van der Waals surface area contributed by atoms with E-state index < -0.39 is 71.6 Å². The van der Waals surface area contributed by atoms with Gasteiger partial charge in [-0.05, 0) is 178 Å². The van der Waals surface area contributed by atoms with Crippen molar-refractivity contribution >= 4 is 103 Å². The smallest absolute Gasteiger partial charge is 0.452 e. The Labute approximate surface area is 801 Å². The number of benzene rings is 2. The Kier molecular flexibility index (Phi) is 33.5. The van der Waals surface area contributed by atoms with Crippen LogP contribution in [0.15, 0.2) is 161 Å². The second kappa shape index (κ2) is 44.3. The summed E-state index contributed by atoms with van der Waals surface area (Å²) in [5.74, 6) is -6.97. The van der Waals surface area contributed by atoms with Crippen molar-refractivity contribution in [2.24, 2.45) is 0 Å². The van der Waals surface area contributed by atoms with Crippen LogP contribution in [0, 0.1) is 41.5 Å². The number of methoxy groups -OCH3 is 2. The lowest BCUT2D eigenvalue weighted by Gasteiger charge is -2.22. The van der Waals surface area contributed by atoms with Crippen LogP contribution in [-0.4, -0.2) is 110 Å². The Morgan fingerprint density at radius 1 is 0.338 bits per heavy atom. The number of carbonyl (C=O) groups is 6. The third kappa shape index (κ3) is 25.5. The second-order valence-electron chi connectivity index (χ2n) is 31.1. The monoisotopic (exact) mass is 2070 g/mol. The van der Waals surface area contributed by atoms with Crippen LogP contribution < -0.4 is 20.1 Å². The third-order valence-electron chi connectivity index (χ3n) is 21.5. The first-order chi connectivity index (χ1) is 65.5. The molecule has 13 heterocycles. The lowest BCUT2D eigenvalue weighted by atomic mass is 9.95. The van der Waals surface area contributed by atoms with E-state index in [1.165, 1.54) is 75.5 Å². The molecule has 47 heteroatoms. The summed E-state index contributed by atoms with van der Waals surface area (Å²) >= 11 is 6.55. The van der Waals surface area contributed by atoms with Crippen LogP contribution in [0.2, 0.25) is 0 Å². The highest BCUT2D eigenvalue weighted by molar-refractivity contribution is 7.19. The largest absolute Gasteiger partial charge is 0.496 e. The van der Waals surface area contributed by atoms with Gasteiger partial charge in [0.1, 0.15) is 45.7 Å². The molecule has 2 fully saturated rings. The molecule has 14 aromatic rings. The van der Waals surface area contributed by atoms with Gasteiger partial charge >= 0.3 is 37.1 Å². The fraction of sp³-hybridized carbons (Fsp3) is 0.326. The number of hydrogen-bond acceptors (Lipinski definition) is 26. The van der Waals surface area contributed by atoms with Crippen molar-refractivity contribution < 1.29 is 144 Å². The van der Waals surface area contributed by atoms with E-state index >= 15 is 0 Å². The standard InChI is InChI=1S/2C17H12F3NO3S.2C16H17F3N2O2S.C15H13F3N2O2S.C11H8F3NO2S/c2*1-9-14(21-24-16(9)17(18,19)20)12-7-8-13(25-12)15(22)10-5-3-4-6-11(10)23-2;2*1-9-13(21-23-14(9)16(17,18)19)11-7-8-12(24-11)15(22)20-10-5-3-2-4-6-10;1-9-12(19-22-13(9)15(16,17)18)10-5-6-11(23-10)14(21)20-7-3-2-4-8-20;1-5-9(15-17-10(5)11(12,13)14)8-4-3-7(18-8)6(2)16/h2*3-8H,1-2H3;2*7-8,10H,2-6H2,1H3,(H,20,22);2-3,5-6H,4,7-8H2,1H3;3-4H,1-2H3. The molecule has 3 aliphatic rings. The molecule has 0 radical (unpaired) electrons. The molecule has 2 aliphatic carbocycles. The zero-order valence-corrected chi connectivity index (χ0v) is 79.0. The number of carbonyl (C=O) groups excluding carboxylic acids is 6. The molecule has 139 heavy (non-hydrogen) atoms. The Balaban J connectivity index is 0.000000150. The lowest BCUT2D eigenvalue weighted by Crippen LogP contribution is -2.35. The van der Waals surface area contributed by atoms with Crippen molar-refractivity contribution in [3.8, 4) is 74.9 Å². The SMILES string of the molecule is CC(=O)c1ccc(-c2noc(C(F)(F)F)c2C)s1.COc1ccccc1C(=O)c1ccc(-c2noc(C(F)(F)F)c2C)s1.COc1ccccc1C(=O)c1ccc(-c2noc(C(F)(F)F)c2C)s1.Cc1c(-c2ccc(C(=O)N3CC=CCC3)s2)noc1C(F)(F)F.Cc1c(-c2ccc(C(=O)NC3CCCCC3)s2)noc1C(F)(F)F.Cc1c(-c2ccc(C(=O)NC3CCCCC3)s2)noc1C(F)(F)F. The number of para-hydroxylation sites is 2. The first kappa shape index (κ1) is 105. The lowest BCUT2D eigenvalue weighted by molar-refractivity contribution is -0.156. The predicted molar refractivity (Wildman–Crippen MR) is 479 cm³/mol. The van der Waals surface area contributed by atoms with E-state index in [9.17, 15) is 108 Å². The number of Topliss-reactive ketones (excluding diaryl/α,β-unsaturated/α-hetero) is 1. The molecule has 2 N–H and O–H groups in total. The van der Waals surface area contributed by atoms with Crippen LogP contribution in [0.5, 0.6) is 11.5 Å². The molecule has 0 spiro atoms. The Morgan fingerprint density at radius 3 is 0.842 bits per heavy atom. The van der Waals surface area contributed by atoms with Gasteiger partial charge in [0.25, 0.3) is 17.7 Å². The molecular weight excluding hydrogens is 1990 g/mol. The maximum absolute atomic E-state index is 12.8. The van der Waals surface area contributed by atoms with Gasteiger partial charge in [0, 0.05) is 58.6 Å². The minimum atomic E-state index is -4.61. The molecule has 3 amide bonds. The Hall–Kier alpha value is -12.6. The van der Waals surface area contributed by atoms with E-state index in [1.807, 2.05) is 12.2 Å². The van der Waals surface area contributed by atoms with E-state index in [-0.39, 0.29) is 115 Å². The summed E-state index contributed by atoms with van der Waals surface area (Å²) in [6.45, 7) is 10.4. The molecule has 12 aromatic heterocycles. The van der Waals surface area contributed by atoms with Gasteiger partial charge < -0.3 is 52.1 Å². The number of halogens is 18. The number of nitrogens with zero attached hydrogens (tertiary/aromatic N) is 7. The van der Waals surface area contributed by atoms with Crippen molar-refractivity contribution in [1.82, 2.24) is 46.5 Å². The number of ketones is 3. The molecule has 0 bridgehead atoms. The van der Waals surface area contributed by atoms with Crippen LogP contribution in [0.3, 0.4) is 0 Å². The summed E-state index contributed by atoms with van der Waals surface area (Å²) in [6, 6.07) is 32.8. The number of hydrogen-bond donors (Lipinski definition) is 2. The summed E-state index contributed by atoms with van der Waals surface area (Å²) < 4.78 is 266. The minimum Gasteiger partial charge on any atom is -0.496 e. The second-order valence-corrected chi connectivity index (χ2v) is 37.6. The molecule has 23 nitrogen and oxygen atoms in total. The average molecular weight is 2070 g/mol. The summed E-state index contributed by atoms with van der Waals surface area (Å²) in [7, 11) is 2.92. The zero-order valence-electron chi connectivity index (χ0n) is 74.1. The molecule has 17 rings (SSSR count). The van der Waals surface area contributed by atoms with Crippen molar-refractivity contribution in [3.63, 3.8) is 0 Å². The summed E-state index contributed by atoms with van der Waals surface area (Å²) in [4.78, 5) is 80.4. The fourth-order valence-electron chi connectivity index (χ4n) is 14.5. The summed E-state index contributed by atoms with van der Waals surface area (Å²) in [5, 5.41) is 27.0. The maximum atomic E-state index is 12.8. The van der Waals surface area contributed by atoms with Gasteiger partial charge in [0.2, 0.25) is 46.1 Å². The van der Waals surface area contributed by atoms with E-state index in [2.05, 4.69) is 68.7 Å². The number of rotatable bonds is 18. The fourth-order valence-corrected chi connectivity index (χ4v) is 20.3. The summed E-state index contributed by atoms with van der Waals surface area (Å²) in [6.07, 6.45) is -12.0. The number of nitrogens with one attached hydrogen (secondary N) is 2. The number of aromatic nitrogens is 6. The highest BCUT2D eigenvalue weighted by Crippen LogP contribution is 2.47. The zero-order chi connectivity index (χ0) is 101. The molecule has 738 valence electrons. The highest BCUT2D eigenvalue weighted by atomic mass is 32.1. The molecule has 0 saturated heterocycles. The van der Waals surface area contributed by atoms with Crippen LogP contribution in [0.4, 0.5) is 79.0 Å². The summed E-state index contributed by atoms with van der Waals surface area (Å²) in [5.41, 5.74) is 0.945. The van der Waals surface area contributed by atoms with Crippen LogP contribution in [0.1, 0.15) is 215 Å². The van der Waals surface area contributed by atoms with Gasteiger partial charge in [-0.25, -0.2) is 0 Å².